The summed E-state index contributed by atoms with van der Waals surface area (Å²) in [5.41, 5.74) is 0. The second-order valence-electron chi connectivity index (χ2n) is 3.83. The fourth-order valence-corrected chi connectivity index (χ4v) is 1.44. The van der Waals surface area contributed by atoms with Gasteiger partial charge in [0.2, 0.25) is 5.91 Å². The number of rotatable bonds is 2. The lowest BCUT2D eigenvalue weighted by molar-refractivity contribution is -0.133. The molecule has 1 aliphatic rings. The maximum atomic E-state index is 11.2. The van der Waals surface area contributed by atoms with E-state index >= 15 is 0 Å². The molecule has 1 N–H and O–H groups in total. The highest BCUT2D eigenvalue weighted by Gasteiger charge is 2.27. The molecule has 1 atom stereocenters. The summed E-state index contributed by atoms with van der Waals surface area (Å²) in [6, 6.07) is 0. The second-order valence-corrected chi connectivity index (χ2v) is 3.83. The van der Waals surface area contributed by atoms with Gasteiger partial charge in [0.1, 0.15) is 6.23 Å². The van der Waals surface area contributed by atoms with Crippen molar-refractivity contribution in [3.05, 3.63) is 0 Å². The van der Waals surface area contributed by atoms with Gasteiger partial charge in [-0.15, -0.1) is 11.8 Å². The van der Waals surface area contributed by atoms with Crippen LogP contribution >= 0.6 is 0 Å². The molecule has 1 rings (SSSR count). The number of carbonyl (C=O) groups excluding carboxylic acids is 1. The van der Waals surface area contributed by atoms with Crippen LogP contribution in [-0.2, 0) is 4.79 Å². The van der Waals surface area contributed by atoms with Gasteiger partial charge >= 0.3 is 0 Å². The van der Waals surface area contributed by atoms with Gasteiger partial charge < -0.3 is 10.0 Å². The molecule has 78 valence electrons. The molecule has 0 spiro atoms. The number of nitrogens with zero attached hydrogens (tertiary/aromatic N) is 1. The van der Waals surface area contributed by atoms with Crippen molar-refractivity contribution in [3.63, 3.8) is 0 Å². The molecule has 0 aromatic carbocycles. The number of amides is 1. The van der Waals surface area contributed by atoms with Crippen LogP contribution in [-0.4, -0.2) is 28.7 Å². The van der Waals surface area contributed by atoms with E-state index in [-0.39, 0.29) is 5.91 Å². The Morgan fingerprint density at radius 1 is 1.64 bits per heavy atom. The molecule has 3 heteroatoms. The maximum absolute atomic E-state index is 11.2. The Kier molecular flexibility index (Phi) is 3.97. The molecule has 1 amide bonds. The fourth-order valence-electron chi connectivity index (χ4n) is 1.44. The van der Waals surface area contributed by atoms with E-state index in [0.29, 0.717) is 31.7 Å². The zero-order chi connectivity index (χ0) is 10.6. The Bertz CT molecular complexity index is 262. The zero-order valence-corrected chi connectivity index (χ0v) is 8.79. The van der Waals surface area contributed by atoms with E-state index in [1.807, 2.05) is 13.8 Å². The number of hydrogen-bond acceptors (Lipinski definition) is 2. The van der Waals surface area contributed by atoms with Gasteiger partial charge in [0.15, 0.2) is 0 Å². The molecule has 0 aliphatic carbocycles. The summed E-state index contributed by atoms with van der Waals surface area (Å²) in [6.45, 7) is 4.62. The topological polar surface area (TPSA) is 40.5 Å². The third-order valence-electron chi connectivity index (χ3n) is 2.16. The summed E-state index contributed by atoms with van der Waals surface area (Å²) in [5.74, 6) is 6.44. The van der Waals surface area contributed by atoms with E-state index in [1.54, 1.807) is 0 Å². The van der Waals surface area contributed by atoms with Crippen molar-refractivity contribution in [2.24, 2.45) is 5.92 Å². The Morgan fingerprint density at radius 2 is 2.36 bits per heavy atom. The molecular weight excluding hydrogens is 178 g/mol. The van der Waals surface area contributed by atoms with Gasteiger partial charge in [-0.2, -0.15) is 0 Å². The minimum Gasteiger partial charge on any atom is -0.374 e. The molecule has 1 fully saturated rings. The Labute approximate surface area is 85.1 Å². The molecule has 14 heavy (non-hydrogen) atoms. The van der Waals surface area contributed by atoms with E-state index < -0.39 is 6.23 Å². The van der Waals surface area contributed by atoms with E-state index in [1.165, 1.54) is 4.90 Å². The van der Waals surface area contributed by atoms with Crippen LogP contribution in [0.1, 0.15) is 33.1 Å². The lowest BCUT2D eigenvalue weighted by Gasteiger charge is -2.18. The molecule has 0 bridgehead atoms. The number of hydrogen-bond donors (Lipinski definition) is 1. The summed E-state index contributed by atoms with van der Waals surface area (Å²) in [4.78, 5) is 12.7. The van der Waals surface area contributed by atoms with Crippen molar-refractivity contribution >= 4 is 5.91 Å². The van der Waals surface area contributed by atoms with Crippen molar-refractivity contribution in [2.45, 2.75) is 39.3 Å². The normalized spacial score (nSPS) is 21.3. The molecule has 1 unspecified atom stereocenters. The second kappa shape index (κ2) is 5.02. The first kappa shape index (κ1) is 11.1. The van der Waals surface area contributed by atoms with Gasteiger partial charge in [0.25, 0.3) is 0 Å². The minimum absolute atomic E-state index is 0.0452. The Morgan fingerprint density at radius 3 is 2.86 bits per heavy atom. The van der Waals surface area contributed by atoms with Crippen LogP contribution in [0.4, 0.5) is 0 Å². The monoisotopic (exact) mass is 195 g/mol. The minimum atomic E-state index is -0.580. The first-order valence-electron chi connectivity index (χ1n) is 5.07. The van der Waals surface area contributed by atoms with Crippen LogP contribution in [0.15, 0.2) is 0 Å². The third-order valence-corrected chi connectivity index (χ3v) is 2.16. The summed E-state index contributed by atoms with van der Waals surface area (Å²) >= 11 is 0. The molecule has 1 saturated heterocycles. The van der Waals surface area contributed by atoms with Crippen LogP contribution < -0.4 is 0 Å². The van der Waals surface area contributed by atoms with E-state index in [4.69, 9.17) is 0 Å². The number of aliphatic hydroxyl groups excluding tert-OH is 1. The molecule has 0 aromatic heterocycles. The summed E-state index contributed by atoms with van der Waals surface area (Å²) in [5, 5.41) is 9.42. The number of aliphatic hydroxyl groups is 1. The van der Waals surface area contributed by atoms with Gasteiger partial charge in [-0.05, 0) is 0 Å². The third kappa shape index (κ3) is 3.04. The van der Waals surface area contributed by atoms with E-state index in [0.717, 1.165) is 0 Å². The molecule has 3 nitrogen and oxygen atoms in total. The lowest BCUT2D eigenvalue weighted by Crippen LogP contribution is -2.33. The number of likely N-dealkylation sites (tertiary alicyclic amines) is 1. The van der Waals surface area contributed by atoms with Gasteiger partial charge in [-0.25, -0.2) is 0 Å². The van der Waals surface area contributed by atoms with Gasteiger partial charge in [0, 0.05) is 31.7 Å². The molecule has 1 heterocycles. The molecular formula is C11H17NO2. The molecule has 0 aromatic rings. The van der Waals surface area contributed by atoms with Crippen molar-refractivity contribution in [1.82, 2.24) is 4.90 Å². The van der Waals surface area contributed by atoms with Crippen LogP contribution in [0.5, 0.6) is 0 Å². The van der Waals surface area contributed by atoms with Crippen molar-refractivity contribution in [3.8, 4) is 11.8 Å². The summed E-state index contributed by atoms with van der Waals surface area (Å²) < 4.78 is 0. The van der Waals surface area contributed by atoms with E-state index in [2.05, 4.69) is 11.8 Å². The van der Waals surface area contributed by atoms with Crippen molar-refractivity contribution < 1.29 is 9.90 Å². The number of carbonyl (C=O) groups is 1. The van der Waals surface area contributed by atoms with Gasteiger partial charge in [0.05, 0.1) is 0 Å². The smallest absolute Gasteiger partial charge is 0.224 e. The van der Waals surface area contributed by atoms with Crippen LogP contribution in [0.3, 0.4) is 0 Å². The average molecular weight is 195 g/mol. The average Bonchev–Trinajstić information content (AvgIpc) is 2.42. The first-order chi connectivity index (χ1) is 6.61. The predicted molar refractivity (Wildman–Crippen MR) is 54.2 cm³/mol. The molecule has 0 radical (unpaired) electrons. The van der Waals surface area contributed by atoms with Crippen molar-refractivity contribution in [1.29, 1.82) is 0 Å². The van der Waals surface area contributed by atoms with Crippen LogP contribution in [0.2, 0.25) is 0 Å². The van der Waals surface area contributed by atoms with Crippen LogP contribution in [0.25, 0.3) is 0 Å². The largest absolute Gasteiger partial charge is 0.374 e. The predicted octanol–water partition coefficient (Wildman–Crippen LogP) is 0.977. The standard InChI is InChI=1S/C11H17NO2/c1-9(2)5-3-4-8-12-10(13)6-7-11(12)14/h9-10,13H,4,6-8H2,1-2H3. The first-order valence-corrected chi connectivity index (χ1v) is 5.07. The summed E-state index contributed by atoms with van der Waals surface area (Å²) in [7, 11) is 0. The van der Waals surface area contributed by atoms with E-state index in [9.17, 15) is 9.90 Å². The fraction of sp³-hybridized carbons (Fsp3) is 0.727. The maximum Gasteiger partial charge on any atom is 0.224 e. The highest BCUT2D eigenvalue weighted by atomic mass is 16.3. The highest BCUT2D eigenvalue weighted by Crippen LogP contribution is 2.15. The van der Waals surface area contributed by atoms with Crippen molar-refractivity contribution in [2.75, 3.05) is 6.54 Å². The van der Waals surface area contributed by atoms with Gasteiger partial charge in [-0.3, -0.25) is 4.79 Å². The van der Waals surface area contributed by atoms with Gasteiger partial charge in [-0.1, -0.05) is 13.8 Å². The summed E-state index contributed by atoms with van der Waals surface area (Å²) in [6.07, 6.45) is 1.11. The quantitative estimate of drug-likeness (QED) is 0.667. The lowest BCUT2D eigenvalue weighted by atomic mass is 10.2. The molecule has 1 aliphatic heterocycles. The highest BCUT2D eigenvalue weighted by molar-refractivity contribution is 5.78. The van der Waals surface area contributed by atoms with Crippen LogP contribution in [0, 0.1) is 17.8 Å². The Balaban J connectivity index is 2.31. The zero-order valence-electron chi connectivity index (χ0n) is 8.79. The SMILES string of the molecule is CC(C)C#CCCN1C(=O)CCC1O. The Hall–Kier alpha value is -1.01. The molecule has 0 saturated carbocycles.